The molecule has 10 heteroatoms. The minimum atomic E-state index is -3.58. The number of non-ortho nitro benzene ring substituents is 1. The number of nitro groups is 1. The molecule has 0 fully saturated rings. The van der Waals surface area contributed by atoms with Gasteiger partial charge in [-0.1, -0.05) is 30.3 Å². The van der Waals surface area contributed by atoms with E-state index in [1.807, 2.05) is 30.3 Å². The van der Waals surface area contributed by atoms with E-state index < -0.39 is 12.5 Å². The molecule has 3 aromatic rings. The third-order valence-corrected chi connectivity index (χ3v) is 7.43. The van der Waals surface area contributed by atoms with Crippen LogP contribution >= 0.6 is 7.60 Å². The Morgan fingerprint density at radius 3 is 2.26 bits per heavy atom. The molecule has 2 N–H and O–H groups in total. The average molecular weight is 493 g/mol. The predicted octanol–water partition coefficient (Wildman–Crippen LogP) is 5.42. The maximum Gasteiger partial charge on any atom is 0.361 e. The number of hydrogen-bond acceptors (Lipinski definition) is 7. The third kappa shape index (κ3) is 5.02. The van der Waals surface area contributed by atoms with Crippen molar-refractivity contribution < 1.29 is 23.3 Å². The van der Waals surface area contributed by atoms with Gasteiger partial charge in [0.2, 0.25) is 0 Å². The van der Waals surface area contributed by atoms with E-state index in [2.05, 4.69) is 10.6 Å². The number of nitrogens with zero attached hydrogens (tertiary/aromatic N) is 1. The van der Waals surface area contributed by atoms with Gasteiger partial charge in [0, 0.05) is 29.1 Å². The lowest BCUT2D eigenvalue weighted by Crippen LogP contribution is -2.12. The number of hydrogen-bond donors (Lipinski definition) is 2. The molecule has 35 heavy (non-hydrogen) atoms. The molecular formula is C25H24N3O6P. The summed E-state index contributed by atoms with van der Waals surface area (Å²) in [4.78, 5) is 23.7. The minimum absolute atomic E-state index is 0.0411. The molecule has 0 aliphatic carbocycles. The molecule has 0 unspecified atom stereocenters. The zero-order chi connectivity index (χ0) is 25.0. The van der Waals surface area contributed by atoms with Gasteiger partial charge in [0.05, 0.1) is 34.7 Å². The zero-order valence-corrected chi connectivity index (χ0v) is 20.1. The Morgan fingerprint density at radius 2 is 1.66 bits per heavy atom. The van der Waals surface area contributed by atoms with E-state index >= 15 is 0 Å². The average Bonchev–Trinajstić information content (AvgIpc) is 3.18. The quantitative estimate of drug-likeness (QED) is 0.177. The highest BCUT2D eigenvalue weighted by Gasteiger charge is 2.33. The van der Waals surface area contributed by atoms with Crippen LogP contribution in [-0.4, -0.2) is 24.0 Å². The largest absolute Gasteiger partial charge is 0.361 e. The number of amides is 1. The molecule has 3 aromatic carbocycles. The monoisotopic (exact) mass is 493 g/mol. The molecule has 0 spiro atoms. The van der Waals surface area contributed by atoms with Gasteiger partial charge >= 0.3 is 7.60 Å². The van der Waals surface area contributed by atoms with E-state index in [9.17, 15) is 19.5 Å². The number of carbonyl (C=O) groups is 1. The molecule has 1 aliphatic heterocycles. The first-order valence-corrected chi connectivity index (χ1v) is 12.6. The zero-order valence-electron chi connectivity index (χ0n) is 19.2. The standard InChI is InChI=1S/C25H24N3O6P/c1-3-33-35(32,34-4-2)20-14-15-22-21(16-20)23(25(29)27-22)24(17-8-6-5-7-9-17)26-18-10-12-19(13-11-18)28(30)31/h5-16,26H,3-4H2,1-2H3,(H,27,29). The number of anilines is 2. The van der Waals surface area contributed by atoms with Crippen LogP contribution in [0.25, 0.3) is 11.3 Å². The van der Waals surface area contributed by atoms with Gasteiger partial charge in [0.25, 0.3) is 11.6 Å². The molecule has 0 atom stereocenters. The molecule has 9 nitrogen and oxygen atoms in total. The first-order chi connectivity index (χ1) is 16.9. The molecule has 0 saturated carbocycles. The fourth-order valence-electron chi connectivity index (χ4n) is 3.79. The van der Waals surface area contributed by atoms with E-state index in [-0.39, 0.29) is 24.8 Å². The van der Waals surface area contributed by atoms with Gasteiger partial charge in [-0.15, -0.1) is 0 Å². The summed E-state index contributed by atoms with van der Waals surface area (Å²) in [6.45, 7) is 3.87. The van der Waals surface area contributed by atoms with Crippen LogP contribution < -0.4 is 15.9 Å². The van der Waals surface area contributed by atoms with E-state index in [1.54, 1.807) is 44.2 Å². The lowest BCUT2D eigenvalue weighted by molar-refractivity contribution is -0.384. The number of nitrogens with one attached hydrogen (secondary N) is 2. The molecule has 0 aromatic heterocycles. The van der Waals surface area contributed by atoms with E-state index in [1.165, 1.54) is 12.1 Å². The fourth-order valence-corrected chi connectivity index (χ4v) is 5.39. The summed E-state index contributed by atoms with van der Waals surface area (Å²) < 4.78 is 24.4. The lowest BCUT2D eigenvalue weighted by atomic mass is 10.00. The van der Waals surface area contributed by atoms with Crippen LogP contribution in [0.2, 0.25) is 0 Å². The van der Waals surface area contributed by atoms with Crippen molar-refractivity contribution in [2.75, 3.05) is 23.8 Å². The van der Waals surface area contributed by atoms with E-state index in [4.69, 9.17) is 9.05 Å². The van der Waals surface area contributed by atoms with Crippen molar-refractivity contribution in [3.05, 3.63) is 94.0 Å². The summed E-state index contributed by atoms with van der Waals surface area (Å²) >= 11 is 0. The summed E-state index contributed by atoms with van der Waals surface area (Å²) in [5.41, 5.74) is 3.19. The van der Waals surface area contributed by atoms with Crippen LogP contribution in [0.3, 0.4) is 0 Å². The highest BCUT2D eigenvalue weighted by molar-refractivity contribution is 7.62. The molecule has 0 saturated heterocycles. The Balaban J connectivity index is 1.87. The van der Waals surface area contributed by atoms with Crippen molar-refractivity contribution >= 4 is 47.1 Å². The Labute approximate surface area is 202 Å². The van der Waals surface area contributed by atoms with Gasteiger partial charge in [-0.05, 0) is 49.7 Å². The molecule has 4 rings (SSSR count). The van der Waals surface area contributed by atoms with Gasteiger partial charge in [0.15, 0.2) is 0 Å². The maximum absolute atomic E-state index is 13.4. The van der Waals surface area contributed by atoms with Crippen LogP contribution in [0.1, 0.15) is 25.0 Å². The molecule has 0 radical (unpaired) electrons. The number of rotatable bonds is 9. The minimum Gasteiger partial charge on any atom is -0.354 e. The lowest BCUT2D eigenvalue weighted by Gasteiger charge is -2.18. The highest BCUT2D eigenvalue weighted by atomic mass is 31.2. The smallest absolute Gasteiger partial charge is 0.354 e. The van der Waals surface area contributed by atoms with Crippen LogP contribution in [-0.2, 0) is 18.4 Å². The molecule has 1 aliphatic rings. The SMILES string of the molecule is CCOP(=O)(OCC)c1ccc2c(c1)C(=C(Nc1ccc([N+](=O)[O-])cc1)c1ccccc1)C(=O)N2. The number of carbonyl (C=O) groups excluding carboxylic acids is 1. The van der Waals surface area contributed by atoms with Crippen molar-refractivity contribution in [1.82, 2.24) is 0 Å². The van der Waals surface area contributed by atoms with Gasteiger partial charge in [0.1, 0.15) is 0 Å². The second-order valence-corrected chi connectivity index (χ2v) is 9.59. The Morgan fingerprint density at radius 1 is 1.00 bits per heavy atom. The normalized spacial score (nSPS) is 14.3. The van der Waals surface area contributed by atoms with E-state index in [0.717, 1.165) is 5.56 Å². The van der Waals surface area contributed by atoms with E-state index in [0.29, 0.717) is 33.5 Å². The van der Waals surface area contributed by atoms with Crippen LogP contribution in [0, 0.1) is 10.1 Å². The third-order valence-electron chi connectivity index (χ3n) is 5.32. The number of fused-ring (bicyclic) bond motifs is 1. The van der Waals surface area contributed by atoms with Crippen molar-refractivity contribution in [2.24, 2.45) is 0 Å². The first-order valence-electron chi connectivity index (χ1n) is 11.0. The number of nitro benzene ring substituents is 1. The highest BCUT2D eigenvalue weighted by Crippen LogP contribution is 2.48. The Kier molecular flexibility index (Phi) is 7.12. The topological polar surface area (TPSA) is 120 Å². The van der Waals surface area contributed by atoms with Crippen molar-refractivity contribution in [1.29, 1.82) is 0 Å². The second-order valence-electron chi connectivity index (χ2n) is 7.56. The molecule has 0 bridgehead atoms. The van der Waals surface area contributed by atoms with Gasteiger partial charge in [-0.2, -0.15) is 0 Å². The van der Waals surface area contributed by atoms with Gasteiger partial charge < -0.3 is 19.7 Å². The van der Waals surface area contributed by atoms with Crippen LogP contribution in [0.15, 0.2) is 72.8 Å². The molecule has 180 valence electrons. The summed E-state index contributed by atoms with van der Waals surface area (Å²) in [7, 11) is -3.58. The summed E-state index contributed by atoms with van der Waals surface area (Å²) in [6.07, 6.45) is 0. The van der Waals surface area contributed by atoms with Crippen molar-refractivity contribution in [3.63, 3.8) is 0 Å². The maximum atomic E-state index is 13.4. The molecule has 1 amide bonds. The van der Waals surface area contributed by atoms with Crippen molar-refractivity contribution in [2.45, 2.75) is 13.8 Å². The predicted molar refractivity (Wildman–Crippen MR) is 136 cm³/mol. The first kappa shape index (κ1) is 24.3. The molecule has 1 heterocycles. The summed E-state index contributed by atoms with van der Waals surface area (Å²) in [5, 5.41) is 17.5. The number of benzene rings is 3. The Hall–Kier alpha value is -3.78. The second kappa shape index (κ2) is 10.2. The molecular weight excluding hydrogens is 469 g/mol. The Bertz CT molecular complexity index is 1330. The van der Waals surface area contributed by atoms with Gasteiger partial charge in [-0.3, -0.25) is 19.5 Å². The van der Waals surface area contributed by atoms with Crippen LogP contribution in [0.5, 0.6) is 0 Å². The fraction of sp³-hybridized carbons (Fsp3) is 0.160. The van der Waals surface area contributed by atoms with Crippen LogP contribution in [0.4, 0.5) is 17.1 Å². The van der Waals surface area contributed by atoms with Gasteiger partial charge in [-0.25, -0.2) is 0 Å². The summed E-state index contributed by atoms with van der Waals surface area (Å²) in [5.74, 6) is -0.340. The van der Waals surface area contributed by atoms with Crippen molar-refractivity contribution in [3.8, 4) is 0 Å². The summed E-state index contributed by atoms with van der Waals surface area (Å²) in [6, 6.07) is 20.1.